The molecule has 1 amide bonds. The zero-order valence-corrected chi connectivity index (χ0v) is 12.7. The van der Waals surface area contributed by atoms with Crippen LogP contribution in [0.2, 0.25) is 0 Å². The van der Waals surface area contributed by atoms with Crippen molar-refractivity contribution in [3.8, 4) is 0 Å². The minimum absolute atomic E-state index is 0.0408. The van der Waals surface area contributed by atoms with Gasteiger partial charge in [-0.15, -0.1) is 0 Å². The maximum absolute atomic E-state index is 12.1. The fourth-order valence-electron chi connectivity index (χ4n) is 2.11. The first kappa shape index (κ1) is 17.2. The molecule has 0 aliphatic heterocycles. The lowest BCUT2D eigenvalue weighted by Gasteiger charge is -2.22. The quantitative estimate of drug-likeness (QED) is 0.714. The maximum Gasteiger partial charge on any atom is 0.308 e. The molecule has 0 saturated heterocycles. The lowest BCUT2D eigenvalue weighted by atomic mass is 9.93. The second-order valence-corrected chi connectivity index (χ2v) is 5.66. The molecule has 0 aliphatic carbocycles. The van der Waals surface area contributed by atoms with Crippen molar-refractivity contribution >= 4 is 11.9 Å². The molecule has 1 rings (SSSR count). The van der Waals surface area contributed by atoms with Crippen molar-refractivity contribution in [1.82, 2.24) is 5.32 Å². The highest BCUT2D eigenvalue weighted by Crippen LogP contribution is 2.19. The largest absolute Gasteiger partial charge is 0.481 e. The van der Waals surface area contributed by atoms with Gasteiger partial charge in [0, 0.05) is 12.6 Å². The van der Waals surface area contributed by atoms with Crippen molar-refractivity contribution in [3.63, 3.8) is 0 Å². The molecule has 3 unspecified atom stereocenters. The third kappa shape index (κ3) is 4.86. The summed E-state index contributed by atoms with van der Waals surface area (Å²) >= 11 is 0. The van der Waals surface area contributed by atoms with Gasteiger partial charge in [0.05, 0.1) is 11.8 Å². The molecule has 21 heavy (non-hydrogen) atoms. The molecule has 0 aliphatic rings. The second kappa shape index (κ2) is 7.78. The van der Waals surface area contributed by atoms with Crippen LogP contribution in [0.5, 0.6) is 0 Å². The van der Waals surface area contributed by atoms with Gasteiger partial charge in [-0.1, -0.05) is 51.1 Å². The van der Waals surface area contributed by atoms with Crippen molar-refractivity contribution in [2.45, 2.75) is 26.8 Å². The SMILES string of the molecule is CC(C)C(CNC(=O)C(C)C(N)c1ccccc1)C(=O)O. The van der Waals surface area contributed by atoms with Crippen LogP contribution in [0, 0.1) is 17.8 Å². The number of nitrogens with two attached hydrogens (primary N) is 1. The van der Waals surface area contributed by atoms with Gasteiger partial charge >= 0.3 is 5.97 Å². The van der Waals surface area contributed by atoms with Gasteiger partial charge in [-0.05, 0) is 11.5 Å². The summed E-state index contributed by atoms with van der Waals surface area (Å²) in [7, 11) is 0. The average Bonchev–Trinajstić information content (AvgIpc) is 2.45. The van der Waals surface area contributed by atoms with E-state index in [1.165, 1.54) is 0 Å². The lowest BCUT2D eigenvalue weighted by Crippen LogP contribution is -2.40. The number of rotatable bonds is 7. The molecule has 0 spiro atoms. The molecule has 0 bridgehead atoms. The Bertz CT molecular complexity index is 474. The van der Waals surface area contributed by atoms with E-state index < -0.39 is 23.8 Å². The molecule has 3 atom stereocenters. The number of carbonyl (C=O) groups is 2. The predicted octanol–water partition coefficient (Wildman–Crippen LogP) is 1.80. The van der Waals surface area contributed by atoms with Crippen LogP contribution in [0.1, 0.15) is 32.4 Å². The van der Waals surface area contributed by atoms with Gasteiger partial charge < -0.3 is 16.2 Å². The first-order chi connectivity index (χ1) is 9.84. The molecule has 0 saturated carbocycles. The number of carbonyl (C=O) groups excluding carboxylic acids is 1. The van der Waals surface area contributed by atoms with E-state index in [2.05, 4.69) is 5.32 Å². The number of hydrogen-bond donors (Lipinski definition) is 3. The number of amides is 1. The molecule has 0 radical (unpaired) electrons. The Morgan fingerprint density at radius 1 is 1.19 bits per heavy atom. The highest BCUT2D eigenvalue weighted by molar-refractivity contribution is 5.80. The van der Waals surface area contributed by atoms with Crippen LogP contribution in [0.25, 0.3) is 0 Å². The smallest absolute Gasteiger partial charge is 0.308 e. The number of carboxylic acid groups (broad SMARTS) is 1. The first-order valence-electron chi connectivity index (χ1n) is 7.15. The molecule has 116 valence electrons. The Morgan fingerprint density at radius 3 is 2.24 bits per heavy atom. The Balaban J connectivity index is 2.61. The normalized spacial score (nSPS) is 15.3. The lowest BCUT2D eigenvalue weighted by molar-refractivity contribution is -0.143. The zero-order valence-electron chi connectivity index (χ0n) is 12.7. The molecule has 5 heteroatoms. The van der Waals surface area contributed by atoms with Crippen LogP contribution in [-0.4, -0.2) is 23.5 Å². The minimum atomic E-state index is -0.898. The molecule has 0 heterocycles. The molecule has 5 nitrogen and oxygen atoms in total. The highest BCUT2D eigenvalue weighted by Gasteiger charge is 2.26. The summed E-state index contributed by atoms with van der Waals surface area (Å²) in [5.74, 6) is -2.17. The van der Waals surface area contributed by atoms with E-state index in [-0.39, 0.29) is 18.4 Å². The van der Waals surface area contributed by atoms with Gasteiger partial charge in [-0.2, -0.15) is 0 Å². The molecule has 1 aromatic rings. The van der Waals surface area contributed by atoms with Crippen LogP contribution in [0.15, 0.2) is 30.3 Å². The Labute approximate surface area is 125 Å². The van der Waals surface area contributed by atoms with Crippen LogP contribution in [-0.2, 0) is 9.59 Å². The van der Waals surface area contributed by atoms with Crippen molar-refractivity contribution in [2.24, 2.45) is 23.5 Å². The summed E-state index contributed by atoms with van der Waals surface area (Å²) in [6.45, 7) is 5.52. The number of hydrogen-bond acceptors (Lipinski definition) is 3. The first-order valence-corrected chi connectivity index (χ1v) is 7.15. The van der Waals surface area contributed by atoms with Crippen LogP contribution in [0.3, 0.4) is 0 Å². The van der Waals surface area contributed by atoms with Crippen LogP contribution < -0.4 is 11.1 Å². The molecule has 1 aromatic carbocycles. The number of carboxylic acids is 1. The van der Waals surface area contributed by atoms with E-state index in [1.54, 1.807) is 6.92 Å². The minimum Gasteiger partial charge on any atom is -0.481 e. The summed E-state index contributed by atoms with van der Waals surface area (Å²) in [5.41, 5.74) is 6.98. The Kier molecular flexibility index (Phi) is 6.37. The fraction of sp³-hybridized carbons (Fsp3) is 0.500. The zero-order chi connectivity index (χ0) is 16.0. The third-order valence-corrected chi connectivity index (χ3v) is 3.75. The van der Waals surface area contributed by atoms with E-state index in [9.17, 15) is 9.59 Å². The van der Waals surface area contributed by atoms with Crippen LogP contribution >= 0.6 is 0 Å². The molecule has 0 aromatic heterocycles. The van der Waals surface area contributed by atoms with Crippen molar-refractivity contribution in [1.29, 1.82) is 0 Å². The summed E-state index contributed by atoms with van der Waals surface area (Å²) in [5, 5.41) is 11.8. The summed E-state index contributed by atoms with van der Waals surface area (Å²) in [6, 6.07) is 8.98. The summed E-state index contributed by atoms with van der Waals surface area (Å²) in [6.07, 6.45) is 0. The summed E-state index contributed by atoms with van der Waals surface area (Å²) in [4.78, 5) is 23.2. The van der Waals surface area contributed by atoms with Crippen molar-refractivity contribution in [2.75, 3.05) is 6.54 Å². The number of benzene rings is 1. The van der Waals surface area contributed by atoms with Gasteiger partial charge in [-0.25, -0.2) is 0 Å². The second-order valence-electron chi connectivity index (χ2n) is 5.66. The fourth-order valence-corrected chi connectivity index (χ4v) is 2.11. The van der Waals surface area contributed by atoms with Crippen molar-refractivity contribution in [3.05, 3.63) is 35.9 Å². The number of nitrogens with one attached hydrogen (secondary N) is 1. The van der Waals surface area contributed by atoms with Gasteiger partial charge in [-0.3, -0.25) is 9.59 Å². The van der Waals surface area contributed by atoms with E-state index in [1.807, 2.05) is 44.2 Å². The monoisotopic (exact) mass is 292 g/mol. The Hall–Kier alpha value is -1.88. The van der Waals surface area contributed by atoms with Crippen molar-refractivity contribution < 1.29 is 14.7 Å². The average molecular weight is 292 g/mol. The molecule has 4 N–H and O–H groups in total. The predicted molar refractivity (Wildman–Crippen MR) is 81.5 cm³/mol. The van der Waals surface area contributed by atoms with Gasteiger partial charge in [0.2, 0.25) is 5.91 Å². The molecule has 0 fully saturated rings. The Morgan fingerprint density at radius 2 is 1.76 bits per heavy atom. The topological polar surface area (TPSA) is 92.4 Å². The highest BCUT2D eigenvalue weighted by atomic mass is 16.4. The third-order valence-electron chi connectivity index (χ3n) is 3.75. The maximum atomic E-state index is 12.1. The van der Waals surface area contributed by atoms with E-state index in [4.69, 9.17) is 10.8 Å². The van der Waals surface area contributed by atoms with Gasteiger partial charge in [0.1, 0.15) is 0 Å². The standard InChI is InChI=1S/C16H24N2O3/c1-10(2)13(16(20)21)9-18-15(19)11(3)14(17)12-7-5-4-6-8-12/h4-8,10-11,13-14H,9,17H2,1-3H3,(H,18,19)(H,20,21). The van der Waals surface area contributed by atoms with E-state index >= 15 is 0 Å². The van der Waals surface area contributed by atoms with Gasteiger partial charge in [0.25, 0.3) is 0 Å². The van der Waals surface area contributed by atoms with Crippen LogP contribution in [0.4, 0.5) is 0 Å². The summed E-state index contributed by atoms with van der Waals surface area (Å²) < 4.78 is 0. The van der Waals surface area contributed by atoms with E-state index in [0.29, 0.717) is 0 Å². The molecular formula is C16H24N2O3. The van der Waals surface area contributed by atoms with Gasteiger partial charge in [0.15, 0.2) is 0 Å². The van der Waals surface area contributed by atoms with E-state index in [0.717, 1.165) is 5.56 Å². The molecular weight excluding hydrogens is 268 g/mol. The number of aliphatic carboxylic acids is 1.